The lowest BCUT2D eigenvalue weighted by molar-refractivity contribution is 0.0593. The quantitative estimate of drug-likeness (QED) is 0.592. The van der Waals surface area contributed by atoms with Crippen LogP contribution in [-0.4, -0.2) is 64.4 Å². The van der Waals surface area contributed by atoms with Gasteiger partial charge >= 0.3 is 5.97 Å². The number of rotatable bonds is 4. The second kappa shape index (κ2) is 8.01. The third-order valence-corrected chi connectivity index (χ3v) is 6.71. The van der Waals surface area contributed by atoms with Gasteiger partial charge in [0.1, 0.15) is 11.5 Å². The SMILES string of the molecule is COC(=O)c1ccc2c(n1)CCCN2c1n[nH]c2nc(N3CCC(C)(CN)CC3)cnc12. The van der Waals surface area contributed by atoms with Gasteiger partial charge in [-0.25, -0.2) is 19.7 Å². The Morgan fingerprint density at radius 2 is 2.06 bits per heavy atom. The minimum Gasteiger partial charge on any atom is -0.464 e. The molecule has 3 aromatic heterocycles. The van der Waals surface area contributed by atoms with Crippen LogP contribution in [0.5, 0.6) is 0 Å². The summed E-state index contributed by atoms with van der Waals surface area (Å²) in [7, 11) is 1.36. The van der Waals surface area contributed by atoms with Crippen LogP contribution < -0.4 is 15.5 Å². The number of nitrogens with one attached hydrogen (secondary N) is 1. The van der Waals surface area contributed by atoms with E-state index in [1.807, 2.05) is 12.3 Å². The number of nitrogens with zero attached hydrogens (tertiary/aromatic N) is 6. The summed E-state index contributed by atoms with van der Waals surface area (Å²) in [4.78, 5) is 30.2. The Balaban J connectivity index is 1.43. The van der Waals surface area contributed by atoms with Crippen molar-refractivity contribution in [3.8, 4) is 0 Å². The lowest BCUT2D eigenvalue weighted by Gasteiger charge is -2.39. The number of carbonyl (C=O) groups excluding carboxylic acids is 1. The molecule has 2 aliphatic heterocycles. The summed E-state index contributed by atoms with van der Waals surface area (Å²) in [5.74, 6) is 1.15. The number of carbonyl (C=O) groups is 1. The Bertz CT molecular complexity index is 1150. The van der Waals surface area contributed by atoms with Gasteiger partial charge in [-0.05, 0) is 49.8 Å². The van der Waals surface area contributed by atoms with Gasteiger partial charge in [-0.15, -0.1) is 0 Å². The molecule has 1 saturated heterocycles. The first kappa shape index (κ1) is 20.6. The molecule has 5 rings (SSSR count). The maximum atomic E-state index is 11.9. The summed E-state index contributed by atoms with van der Waals surface area (Å²) in [6.45, 7) is 5.59. The molecule has 3 N–H and O–H groups in total. The fourth-order valence-electron chi connectivity index (χ4n) is 4.49. The molecule has 0 bridgehead atoms. The molecule has 10 heteroatoms. The van der Waals surface area contributed by atoms with E-state index in [4.69, 9.17) is 20.4 Å². The number of aryl methyl sites for hydroxylation is 1. The molecule has 0 saturated carbocycles. The number of hydrogen-bond acceptors (Lipinski definition) is 9. The van der Waals surface area contributed by atoms with Crippen LogP contribution >= 0.6 is 0 Å². The van der Waals surface area contributed by atoms with Crippen LogP contribution in [0, 0.1) is 5.41 Å². The van der Waals surface area contributed by atoms with E-state index in [1.54, 1.807) is 6.07 Å². The van der Waals surface area contributed by atoms with Crippen LogP contribution in [0.1, 0.15) is 42.4 Å². The van der Waals surface area contributed by atoms with Crippen molar-refractivity contribution in [2.75, 3.05) is 43.1 Å². The van der Waals surface area contributed by atoms with Gasteiger partial charge in [0.05, 0.1) is 24.7 Å². The molecule has 1 fully saturated rings. The Kier molecular flexibility index (Phi) is 5.16. The molecule has 0 atom stereocenters. The zero-order valence-corrected chi connectivity index (χ0v) is 18.5. The average molecular weight is 437 g/mol. The standard InChI is InChI=1S/C22H28N8O2/c1-22(13-23)7-10-29(11-8-22)17-12-24-18-19(26-17)27-28-20(18)30-9-3-4-14-16(30)6-5-15(25-14)21(31)32-2/h5-6,12H,3-4,7-11,13,23H2,1-2H3,(H,26,27,28). The predicted molar refractivity (Wildman–Crippen MR) is 121 cm³/mol. The summed E-state index contributed by atoms with van der Waals surface area (Å²) >= 11 is 0. The fourth-order valence-corrected chi connectivity index (χ4v) is 4.49. The van der Waals surface area contributed by atoms with Crippen molar-refractivity contribution in [1.29, 1.82) is 0 Å². The highest BCUT2D eigenvalue weighted by Crippen LogP contribution is 2.35. The smallest absolute Gasteiger partial charge is 0.356 e. The van der Waals surface area contributed by atoms with E-state index < -0.39 is 5.97 Å². The van der Waals surface area contributed by atoms with E-state index in [0.29, 0.717) is 17.9 Å². The van der Waals surface area contributed by atoms with Gasteiger partial charge in [-0.1, -0.05) is 6.92 Å². The first-order valence-corrected chi connectivity index (χ1v) is 11.0. The highest BCUT2D eigenvalue weighted by Gasteiger charge is 2.30. The Morgan fingerprint density at radius 1 is 1.25 bits per heavy atom. The summed E-state index contributed by atoms with van der Waals surface area (Å²) in [6, 6.07) is 3.59. The highest BCUT2D eigenvalue weighted by atomic mass is 16.5. The zero-order chi connectivity index (χ0) is 22.3. The number of piperidine rings is 1. The van der Waals surface area contributed by atoms with E-state index in [-0.39, 0.29) is 5.41 Å². The van der Waals surface area contributed by atoms with E-state index in [0.717, 1.165) is 73.9 Å². The first-order chi connectivity index (χ1) is 15.5. The molecule has 0 aliphatic carbocycles. The molecular weight excluding hydrogens is 408 g/mol. The van der Waals surface area contributed by atoms with Gasteiger partial charge in [0.25, 0.3) is 0 Å². The van der Waals surface area contributed by atoms with Crippen molar-refractivity contribution in [2.24, 2.45) is 11.1 Å². The molecule has 168 valence electrons. The monoisotopic (exact) mass is 436 g/mol. The van der Waals surface area contributed by atoms with Crippen molar-refractivity contribution in [2.45, 2.75) is 32.6 Å². The minimum absolute atomic E-state index is 0.207. The average Bonchev–Trinajstić information content (AvgIpc) is 3.26. The van der Waals surface area contributed by atoms with Gasteiger partial charge in [0.2, 0.25) is 0 Å². The minimum atomic E-state index is -0.432. The number of methoxy groups -OCH3 is 1. The third kappa shape index (κ3) is 3.54. The van der Waals surface area contributed by atoms with Gasteiger partial charge in [0, 0.05) is 19.6 Å². The van der Waals surface area contributed by atoms with Crippen LogP contribution in [0.4, 0.5) is 17.3 Å². The van der Waals surface area contributed by atoms with E-state index >= 15 is 0 Å². The van der Waals surface area contributed by atoms with E-state index in [2.05, 4.69) is 31.9 Å². The summed E-state index contributed by atoms with van der Waals surface area (Å²) in [6.07, 6.45) is 5.62. The third-order valence-electron chi connectivity index (χ3n) is 6.71. The second-order valence-electron chi connectivity index (χ2n) is 8.88. The summed E-state index contributed by atoms with van der Waals surface area (Å²) < 4.78 is 4.80. The number of aromatic amines is 1. The lowest BCUT2D eigenvalue weighted by Crippen LogP contribution is -2.42. The molecular formula is C22H28N8O2. The Labute approximate surface area is 186 Å². The van der Waals surface area contributed by atoms with Crippen LogP contribution in [0.25, 0.3) is 11.2 Å². The van der Waals surface area contributed by atoms with Gasteiger partial charge in [-0.3, -0.25) is 5.10 Å². The number of fused-ring (bicyclic) bond motifs is 2. The molecule has 0 spiro atoms. The number of nitrogens with two attached hydrogens (primary N) is 1. The van der Waals surface area contributed by atoms with Crippen molar-refractivity contribution in [3.05, 3.63) is 29.7 Å². The zero-order valence-electron chi connectivity index (χ0n) is 18.5. The maximum Gasteiger partial charge on any atom is 0.356 e. The molecule has 0 aromatic carbocycles. The molecule has 0 amide bonds. The molecule has 32 heavy (non-hydrogen) atoms. The van der Waals surface area contributed by atoms with Crippen LogP contribution in [0.15, 0.2) is 18.3 Å². The van der Waals surface area contributed by atoms with Crippen molar-refractivity contribution in [3.63, 3.8) is 0 Å². The number of ether oxygens (including phenoxy) is 1. The van der Waals surface area contributed by atoms with E-state index in [1.165, 1.54) is 7.11 Å². The Morgan fingerprint density at radius 3 is 2.81 bits per heavy atom. The number of esters is 1. The van der Waals surface area contributed by atoms with E-state index in [9.17, 15) is 4.79 Å². The van der Waals surface area contributed by atoms with Crippen molar-refractivity contribution >= 4 is 34.5 Å². The normalized spacial score (nSPS) is 18.0. The molecule has 10 nitrogen and oxygen atoms in total. The van der Waals surface area contributed by atoms with Gasteiger partial charge in [-0.2, -0.15) is 5.10 Å². The molecule has 0 radical (unpaired) electrons. The Hall–Kier alpha value is -3.27. The van der Waals surface area contributed by atoms with Crippen LogP contribution in [0.3, 0.4) is 0 Å². The predicted octanol–water partition coefficient (Wildman–Crippen LogP) is 2.18. The number of pyridine rings is 1. The fraction of sp³-hybridized carbons (Fsp3) is 0.500. The number of H-pyrrole nitrogens is 1. The number of hydrogen-bond donors (Lipinski definition) is 2. The summed E-state index contributed by atoms with van der Waals surface area (Å²) in [5.41, 5.74) is 9.64. The summed E-state index contributed by atoms with van der Waals surface area (Å²) in [5, 5.41) is 7.59. The first-order valence-electron chi connectivity index (χ1n) is 11.0. The van der Waals surface area contributed by atoms with Crippen LogP contribution in [0.2, 0.25) is 0 Å². The van der Waals surface area contributed by atoms with Crippen molar-refractivity contribution < 1.29 is 9.53 Å². The van der Waals surface area contributed by atoms with Gasteiger partial charge in [0.15, 0.2) is 17.0 Å². The highest BCUT2D eigenvalue weighted by molar-refractivity contribution is 5.90. The molecule has 2 aliphatic rings. The molecule has 0 unspecified atom stereocenters. The van der Waals surface area contributed by atoms with Crippen LogP contribution in [-0.2, 0) is 11.2 Å². The molecule has 5 heterocycles. The maximum absolute atomic E-state index is 11.9. The number of anilines is 3. The topological polar surface area (TPSA) is 126 Å². The number of aromatic nitrogens is 5. The molecule has 3 aromatic rings. The lowest BCUT2D eigenvalue weighted by atomic mass is 9.80. The van der Waals surface area contributed by atoms with Crippen molar-refractivity contribution in [1.82, 2.24) is 25.1 Å². The largest absolute Gasteiger partial charge is 0.464 e. The second-order valence-corrected chi connectivity index (χ2v) is 8.88. The van der Waals surface area contributed by atoms with Gasteiger partial charge < -0.3 is 20.3 Å².